The van der Waals surface area contributed by atoms with Crippen molar-refractivity contribution in [3.8, 4) is 0 Å². The Hall–Kier alpha value is -2.15. The van der Waals surface area contributed by atoms with Gasteiger partial charge in [-0.1, -0.05) is 13.8 Å². The molecule has 0 spiro atoms. The molecule has 4 rings (SSSR count). The molecular formula is C21H27NO6. The van der Waals surface area contributed by atoms with Crippen LogP contribution >= 0.6 is 0 Å². The fourth-order valence-corrected chi connectivity index (χ4v) is 6.23. The highest BCUT2D eigenvalue weighted by molar-refractivity contribution is 5.92. The molecule has 1 aromatic heterocycles. The van der Waals surface area contributed by atoms with E-state index in [9.17, 15) is 14.4 Å². The second-order valence-corrected chi connectivity index (χ2v) is 9.04. The predicted octanol–water partition coefficient (Wildman–Crippen LogP) is 2.40. The van der Waals surface area contributed by atoms with Crippen LogP contribution in [0.25, 0.3) is 0 Å². The van der Waals surface area contributed by atoms with Crippen LogP contribution in [0.2, 0.25) is 0 Å². The Morgan fingerprint density at radius 1 is 1.29 bits per heavy atom. The molecule has 0 bridgehead atoms. The van der Waals surface area contributed by atoms with Gasteiger partial charge in [-0.25, -0.2) is 0 Å². The summed E-state index contributed by atoms with van der Waals surface area (Å²) in [6.45, 7) is 3.97. The molecule has 3 fully saturated rings. The number of nitrogens with two attached hydrogens (primary N) is 1. The predicted molar refractivity (Wildman–Crippen MR) is 97.7 cm³/mol. The van der Waals surface area contributed by atoms with Crippen LogP contribution in [-0.2, 0) is 23.9 Å². The Kier molecular flexibility index (Phi) is 4.41. The fraction of sp³-hybridized carbons (Fsp3) is 0.667. The molecule has 1 aromatic rings. The van der Waals surface area contributed by atoms with Gasteiger partial charge in [0.15, 0.2) is 5.78 Å². The summed E-state index contributed by atoms with van der Waals surface area (Å²) in [6.07, 6.45) is 4.58. The third-order valence-electron chi connectivity index (χ3n) is 7.59. The molecule has 7 nitrogen and oxygen atoms in total. The van der Waals surface area contributed by atoms with Crippen LogP contribution in [0.3, 0.4) is 0 Å². The number of hydrogen-bond donors (Lipinski definition) is 1. The summed E-state index contributed by atoms with van der Waals surface area (Å²) in [6, 6.07) is 1.04. The molecule has 2 heterocycles. The number of methoxy groups -OCH3 is 1. The molecule has 3 aliphatic rings. The van der Waals surface area contributed by atoms with Crippen molar-refractivity contribution in [3.05, 3.63) is 24.2 Å². The average Bonchev–Trinajstić information content (AvgIpc) is 3.18. The van der Waals surface area contributed by atoms with Gasteiger partial charge in [0.05, 0.1) is 37.5 Å². The maximum absolute atomic E-state index is 13.3. The van der Waals surface area contributed by atoms with E-state index in [1.165, 1.54) is 13.4 Å². The van der Waals surface area contributed by atoms with Crippen LogP contribution in [0.4, 0.5) is 0 Å². The summed E-state index contributed by atoms with van der Waals surface area (Å²) < 4.78 is 15.9. The van der Waals surface area contributed by atoms with Crippen LogP contribution in [-0.4, -0.2) is 30.9 Å². The number of carbonyl (C=O) groups is 3. The van der Waals surface area contributed by atoms with Crippen molar-refractivity contribution >= 4 is 17.7 Å². The number of carbonyl (C=O) groups excluding carboxylic acids is 3. The van der Waals surface area contributed by atoms with E-state index in [1.807, 2.05) is 13.8 Å². The van der Waals surface area contributed by atoms with Crippen LogP contribution in [0.5, 0.6) is 0 Å². The van der Waals surface area contributed by atoms with Crippen LogP contribution < -0.4 is 5.73 Å². The zero-order valence-electron chi connectivity index (χ0n) is 16.5. The van der Waals surface area contributed by atoms with E-state index in [1.54, 1.807) is 12.3 Å². The number of hydrogen-bond acceptors (Lipinski definition) is 7. The highest BCUT2D eigenvalue weighted by atomic mass is 16.5. The minimum absolute atomic E-state index is 0.0597. The standard InChI is InChI=1S/C21H27NO6/c1-20-6-4-12-19(25)28-15(11-5-7-27-10-11)9-21(12,2)17(20)16(23)14(22)8-13(20)18(24)26-3/h5,7,10,12-15,17H,4,6,8-9,22H2,1-3H3/t12-,13-,14-,15+,17-,20-,21-/m0/s1. The fourth-order valence-electron chi connectivity index (χ4n) is 6.23. The summed E-state index contributed by atoms with van der Waals surface area (Å²) >= 11 is 0. The first-order valence-electron chi connectivity index (χ1n) is 9.82. The minimum Gasteiger partial charge on any atom is -0.472 e. The Morgan fingerprint density at radius 3 is 2.68 bits per heavy atom. The quantitative estimate of drug-likeness (QED) is 0.774. The largest absolute Gasteiger partial charge is 0.472 e. The van der Waals surface area contributed by atoms with Crippen molar-refractivity contribution in [2.75, 3.05) is 7.11 Å². The highest BCUT2D eigenvalue weighted by Crippen LogP contribution is 2.64. The number of furan rings is 1. The van der Waals surface area contributed by atoms with Crippen LogP contribution in [0.15, 0.2) is 23.0 Å². The Labute approximate surface area is 163 Å². The lowest BCUT2D eigenvalue weighted by Crippen LogP contribution is -2.65. The van der Waals surface area contributed by atoms with E-state index in [0.717, 1.165) is 5.56 Å². The lowest BCUT2D eigenvalue weighted by atomic mass is 9.43. The Balaban J connectivity index is 1.79. The zero-order chi connectivity index (χ0) is 20.3. The molecule has 0 amide bonds. The second-order valence-electron chi connectivity index (χ2n) is 9.04. The van der Waals surface area contributed by atoms with Gasteiger partial charge in [0, 0.05) is 11.5 Å². The monoisotopic (exact) mass is 389 g/mol. The van der Waals surface area contributed by atoms with Gasteiger partial charge in [0.25, 0.3) is 0 Å². The summed E-state index contributed by atoms with van der Waals surface area (Å²) in [4.78, 5) is 38.8. The number of ether oxygens (including phenoxy) is 2. The van der Waals surface area contributed by atoms with Gasteiger partial charge in [0.1, 0.15) is 6.10 Å². The van der Waals surface area contributed by atoms with Crippen molar-refractivity contribution in [1.82, 2.24) is 0 Å². The van der Waals surface area contributed by atoms with Gasteiger partial charge in [-0.05, 0) is 42.6 Å². The normalized spacial score (nSPS) is 42.9. The molecule has 2 aliphatic carbocycles. The maximum Gasteiger partial charge on any atom is 0.310 e. The molecule has 152 valence electrons. The Bertz CT molecular complexity index is 804. The molecule has 0 unspecified atom stereocenters. The molecule has 7 atom stereocenters. The SMILES string of the molecule is COC(=O)[C@@H]1C[C@H](N)C(=O)[C@H]2[C@@]1(C)CC[C@H]1C(=O)O[C@@H](c3ccoc3)C[C@]21C. The number of cyclic esters (lactones) is 1. The summed E-state index contributed by atoms with van der Waals surface area (Å²) in [5, 5.41) is 0. The Morgan fingerprint density at radius 2 is 2.04 bits per heavy atom. The van der Waals surface area contributed by atoms with Gasteiger partial charge >= 0.3 is 11.9 Å². The van der Waals surface area contributed by atoms with E-state index in [0.29, 0.717) is 19.3 Å². The molecule has 2 saturated carbocycles. The summed E-state index contributed by atoms with van der Waals surface area (Å²) in [7, 11) is 1.36. The van der Waals surface area contributed by atoms with E-state index in [-0.39, 0.29) is 30.1 Å². The average molecular weight is 389 g/mol. The van der Waals surface area contributed by atoms with Crippen LogP contribution in [0.1, 0.15) is 51.2 Å². The van der Waals surface area contributed by atoms with Crippen LogP contribution in [0, 0.1) is 28.6 Å². The van der Waals surface area contributed by atoms with E-state index in [4.69, 9.17) is 19.6 Å². The first kappa shape index (κ1) is 19.2. The molecule has 1 aliphatic heterocycles. The smallest absolute Gasteiger partial charge is 0.310 e. The number of Topliss-reactive ketones (excluding diaryl/α,β-unsaturated/α-hetero) is 1. The molecule has 1 saturated heterocycles. The highest BCUT2D eigenvalue weighted by Gasteiger charge is 2.66. The second kappa shape index (κ2) is 6.44. The number of esters is 2. The van der Waals surface area contributed by atoms with Crippen molar-refractivity contribution in [3.63, 3.8) is 0 Å². The third-order valence-corrected chi connectivity index (χ3v) is 7.59. The van der Waals surface area contributed by atoms with Crippen molar-refractivity contribution < 1.29 is 28.3 Å². The number of ketones is 1. The molecule has 28 heavy (non-hydrogen) atoms. The van der Waals surface area contributed by atoms with Gasteiger partial charge in [-0.2, -0.15) is 0 Å². The molecular weight excluding hydrogens is 362 g/mol. The molecule has 2 N–H and O–H groups in total. The van der Waals surface area contributed by atoms with E-state index < -0.39 is 34.8 Å². The first-order chi connectivity index (χ1) is 13.2. The van der Waals surface area contributed by atoms with Crippen molar-refractivity contribution in [2.24, 2.45) is 34.3 Å². The first-order valence-corrected chi connectivity index (χ1v) is 9.82. The van der Waals surface area contributed by atoms with Gasteiger partial charge in [-0.3, -0.25) is 14.4 Å². The summed E-state index contributed by atoms with van der Waals surface area (Å²) in [5.41, 5.74) is 5.72. The molecule has 7 heteroatoms. The lowest BCUT2D eigenvalue weighted by Gasteiger charge is -2.61. The number of rotatable bonds is 2. The zero-order valence-corrected chi connectivity index (χ0v) is 16.5. The summed E-state index contributed by atoms with van der Waals surface area (Å²) in [5.74, 6) is -2.03. The maximum atomic E-state index is 13.3. The topological polar surface area (TPSA) is 109 Å². The number of fused-ring (bicyclic) bond motifs is 3. The van der Waals surface area contributed by atoms with E-state index >= 15 is 0 Å². The van der Waals surface area contributed by atoms with Gasteiger partial charge in [-0.15, -0.1) is 0 Å². The van der Waals surface area contributed by atoms with Crippen molar-refractivity contribution in [2.45, 2.75) is 51.7 Å². The van der Waals surface area contributed by atoms with E-state index in [2.05, 4.69) is 0 Å². The third kappa shape index (κ3) is 2.55. The molecule has 0 aromatic carbocycles. The minimum atomic E-state index is -0.733. The van der Waals surface area contributed by atoms with Gasteiger partial charge in [0.2, 0.25) is 0 Å². The van der Waals surface area contributed by atoms with Crippen molar-refractivity contribution in [1.29, 1.82) is 0 Å². The van der Waals surface area contributed by atoms with Gasteiger partial charge < -0.3 is 19.6 Å². The lowest BCUT2D eigenvalue weighted by molar-refractivity contribution is -0.203. The molecule has 0 radical (unpaired) electrons.